The standard InChI is InChI=1S/C20H27N5O2/c26-19(21-10-5-15-27-17-18-6-2-1-3-7-18)16-24-11-13-25(14-12-24)20-22-8-4-9-23-20/h1-4,6-9H,5,10-17H2,(H,21,26). The van der Waals surface area contributed by atoms with Crippen LogP contribution in [0.2, 0.25) is 0 Å². The number of amides is 1. The van der Waals surface area contributed by atoms with Gasteiger partial charge < -0.3 is 15.0 Å². The van der Waals surface area contributed by atoms with Crippen molar-refractivity contribution in [1.82, 2.24) is 20.2 Å². The summed E-state index contributed by atoms with van der Waals surface area (Å²) < 4.78 is 5.63. The summed E-state index contributed by atoms with van der Waals surface area (Å²) in [5, 5.41) is 2.97. The SMILES string of the molecule is O=C(CN1CCN(c2ncccn2)CC1)NCCCOCc1ccccc1. The molecule has 0 unspecified atom stereocenters. The molecule has 1 aliphatic rings. The maximum Gasteiger partial charge on any atom is 0.234 e. The van der Waals surface area contributed by atoms with Gasteiger partial charge in [0.25, 0.3) is 0 Å². The van der Waals surface area contributed by atoms with Crippen LogP contribution in [-0.2, 0) is 16.1 Å². The summed E-state index contributed by atoms with van der Waals surface area (Å²) in [6, 6.07) is 11.9. The second kappa shape index (κ2) is 10.6. The first kappa shape index (κ1) is 19.3. The predicted octanol–water partition coefficient (Wildman–Crippen LogP) is 1.32. The van der Waals surface area contributed by atoms with Crippen LogP contribution in [0.15, 0.2) is 48.8 Å². The van der Waals surface area contributed by atoms with Gasteiger partial charge in [0.05, 0.1) is 13.2 Å². The average molecular weight is 369 g/mol. The van der Waals surface area contributed by atoms with Gasteiger partial charge in [0, 0.05) is 51.7 Å². The van der Waals surface area contributed by atoms with Crippen molar-refractivity contribution in [2.75, 3.05) is 50.8 Å². The van der Waals surface area contributed by atoms with Crippen molar-refractivity contribution in [3.8, 4) is 0 Å². The van der Waals surface area contributed by atoms with E-state index in [9.17, 15) is 4.79 Å². The summed E-state index contributed by atoms with van der Waals surface area (Å²) in [5.41, 5.74) is 1.17. The molecule has 1 aromatic heterocycles. The fourth-order valence-corrected chi connectivity index (χ4v) is 2.99. The minimum atomic E-state index is 0.0717. The van der Waals surface area contributed by atoms with Crippen LogP contribution in [0, 0.1) is 0 Å². The lowest BCUT2D eigenvalue weighted by atomic mass is 10.2. The Hall–Kier alpha value is -2.51. The number of carbonyl (C=O) groups is 1. The molecule has 1 aromatic carbocycles. The molecule has 0 aliphatic carbocycles. The third kappa shape index (κ3) is 6.62. The van der Waals surface area contributed by atoms with Crippen molar-refractivity contribution < 1.29 is 9.53 Å². The number of benzene rings is 1. The van der Waals surface area contributed by atoms with E-state index in [2.05, 4.69) is 25.1 Å². The third-order valence-electron chi connectivity index (χ3n) is 4.47. The summed E-state index contributed by atoms with van der Waals surface area (Å²) in [7, 11) is 0. The molecule has 0 atom stereocenters. The van der Waals surface area contributed by atoms with Crippen LogP contribution in [0.5, 0.6) is 0 Å². The molecular formula is C20H27N5O2. The number of nitrogens with zero attached hydrogens (tertiary/aromatic N) is 4. The van der Waals surface area contributed by atoms with Crippen molar-refractivity contribution in [3.05, 3.63) is 54.4 Å². The molecular weight excluding hydrogens is 342 g/mol. The Morgan fingerprint density at radius 2 is 1.78 bits per heavy atom. The molecule has 0 radical (unpaired) electrons. The molecule has 0 saturated carbocycles. The van der Waals surface area contributed by atoms with E-state index in [1.165, 1.54) is 5.56 Å². The van der Waals surface area contributed by atoms with Crippen LogP contribution in [0.1, 0.15) is 12.0 Å². The van der Waals surface area contributed by atoms with Crippen molar-refractivity contribution in [3.63, 3.8) is 0 Å². The van der Waals surface area contributed by atoms with Gasteiger partial charge >= 0.3 is 0 Å². The zero-order valence-corrected chi connectivity index (χ0v) is 15.6. The minimum Gasteiger partial charge on any atom is -0.377 e. The van der Waals surface area contributed by atoms with Gasteiger partial charge in [-0.25, -0.2) is 9.97 Å². The number of hydrogen-bond donors (Lipinski definition) is 1. The summed E-state index contributed by atoms with van der Waals surface area (Å²) in [6.07, 6.45) is 4.33. The van der Waals surface area contributed by atoms with Crippen molar-refractivity contribution in [2.45, 2.75) is 13.0 Å². The zero-order valence-electron chi connectivity index (χ0n) is 15.6. The monoisotopic (exact) mass is 369 g/mol. The van der Waals surface area contributed by atoms with Crippen LogP contribution >= 0.6 is 0 Å². The number of aromatic nitrogens is 2. The largest absolute Gasteiger partial charge is 0.377 e. The van der Waals surface area contributed by atoms with Gasteiger partial charge in [-0.3, -0.25) is 9.69 Å². The molecule has 2 aromatic rings. The predicted molar refractivity (Wildman–Crippen MR) is 104 cm³/mol. The topological polar surface area (TPSA) is 70.6 Å². The average Bonchev–Trinajstić information content (AvgIpc) is 2.72. The highest BCUT2D eigenvalue weighted by Gasteiger charge is 2.20. The lowest BCUT2D eigenvalue weighted by molar-refractivity contribution is -0.122. The molecule has 1 fully saturated rings. The molecule has 1 N–H and O–H groups in total. The highest BCUT2D eigenvalue weighted by Crippen LogP contribution is 2.09. The number of piperazine rings is 1. The van der Waals surface area contributed by atoms with Crippen molar-refractivity contribution in [2.24, 2.45) is 0 Å². The fraction of sp³-hybridized carbons (Fsp3) is 0.450. The number of hydrogen-bond acceptors (Lipinski definition) is 6. The van der Waals surface area contributed by atoms with Crippen LogP contribution in [-0.4, -0.2) is 66.7 Å². The highest BCUT2D eigenvalue weighted by atomic mass is 16.5. The second-order valence-electron chi connectivity index (χ2n) is 6.55. The van der Waals surface area contributed by atoms with Crippen LogP contribution in [0.3, 0.4) is 0 Å². The number of ether oxygens (including phenoxy) is 1. The summed E-state index contributed by atoms with van der Waals surface area (Å²) in [5.74, 6) is 0.833. The van der Waals surface area contributed by atoms with Gasteiger partial charge in [0.1, 0.15) is 0 Å². The lowest BCUT2D eigenvalue weighted by Gasteiger charge is -2.34. The van der Waals surface area contributed by atoms with E-state index in [1.807, 2.05) is 36.4 Å². The van der Waals surface area contributed by atoms with Gasteiger partial charge in [0.2, 0.25) is 11.9 Å². The van der Waals surface area contributed by atoms with Gasteiger partial charge in [-0.2, -0.15) is 0 Å². The number of anilines is 1. The van der Waals surface area contributed by atoms with Gasteiger partial charge in [-0.05, 0) is 18.1 Å². The minimum absolute atomic E-state index is 0.0717. The lowest BCUT2D eigenvalue weighted by Crippen LogP contribution is -2.50. The number of carbonyl (C=O) groups excluding carboxylic acids is 1. The van der Waals surface area contributed by atoms with Crippen LogP contribution in [0.4, 0.5) is 5.95 Å². The van der Waals surface area contributed by atoms with Crippen LogP contribution < -0.4 is 10.2 Å². The molecule has 7 heteroatoms. The van der Waals surface area contributed by atoms with Gasteiger partial charge in [-0.15, -0.1) is 0 Å². The van der Waals surface area contributed by atoms with Gasteiger partial charge in [-0.1, -0.05) is 30.3 Å². The van der Waals surface area contributed by atoms with E-state index in [1.54, 1.807) is 12.4 Å². The van der Waals surface area contributed by atoms with Gasteiger partial charge in [0.15, 0.2) is 0 Å². The summed E-state index contributed by atoms with van der Waals surface area (Å²) in [4.78, 5) is 25.0. The quantitative estimate of drug-likeness (QED) is 0.673. The maximum atomic E-state index is 12.1. The smallest absolute Gasteiger partial charge is 0.234 e. The molecule has 1 aliphatic heterocycles. The van der Waals surface area contributed by atoms with E-state index in [0.29, 0.717) is 26.3 Å². The van der Waals surface area contributed by atoms with E-state index in [-0.39, 0.29) is 5.91 Å². The zero-order chi connectivity index (χ0) is 18.7. The normalized spacial score (nSPS) is 14.9. The Labute approximate surface area is 160 Å². The maximum absolute atomic E-state index is 12.1. The van der Waals surface area contributed by atoms with Crippen molar-refractivity contribution >= 4 is 11.9 Å². The molecule has 0 spiro atoms. The Bertz CT molecular complexity index is 675. The Morgan fingerprint density at radius 1 is 1.04 bits per heavy atom. The fourth-order valence-electron chi connectivity index (χ4n) is 2.99. The molecule has 7 nitrogen and oxygen atoms in total. The Morgan fingerprint density at radius 3 is 2.52 bits per heavy atom. The third-order valence-corrected chi connectivity index (χ3v) is 4.47. The molecule has 1 amide bonds. The highest BCUT2D eigenvalue weighted by molar-refractivity contribution is 5.78. The first-order valence-electron chi connectivity index (χ1n) is 9.44. The molecule has 1 saturated heterocycles. The molecule has 144 valence electrons. The molecule has 0 bridgehead atoms. The molecule has 27 heavy (non-hydrogen) atoms. The summed E-state index contributed by atoms with van der Waals surface area (Å²) in [6.45, 7) is 5.70. The Kier molecular flexibility index (Phi) is 7.56. The van der Waals surface area contributed by atoms with Crippen molar-refractivity contribution in [1.29, 1.82) is 0 Å². The number of nitrogens with one attached hydrogen (secondary N) is 1. The molecule has 3 rings (SSSR count). The molecule has 2 heterocycles. The first-order valence-corrected chi connectivity index (χ1v) is 9.44. The van der Waals surface area contributed by atoms with E-state index >= 15 is 0 Å². The first-order chi connectivity index (χ1) is 13.3. The summed E-state index contributed by atoms with van der Waals surface area (Å²) >= 11 is 0. The van der Waals surface area contributed by atoms with E-state index < -0.39 is 0 Å². The number of rotatable bonds is 9. The van der Waals surface area contributed by atoms with E-state index in [0.717, 1.165) is 38.5 Å². The van der Waals surface area contributed by atoms with Crippen LogP contribution in [0.25, 0.3) is 0 Å². The second-order valence-corrected chi connectivity index (χ2v) is 6.55. The Balaban J connectivity index is 1.24. The van der Waals surface area contributed by atoms with E-state index in [4.69, 9.17) is 4.74 Å².